The van der Waals surface area contributed by atoms with Gasteiger partial charge in [0.25, 0.3) is 0 Å². The topological polar surface area (TPSA) is 50.1 Å². The van der Waals surface area contributed by atoms with Gasteiger partial charge in [-0.2, -0.15) is 5.26 Å². The number of allylic oxidation sites excluding steroid dienone is 4. The first-order valence-corrected chi connectivity index (χ1v) is 7.38. The lowest BCUT2D eigenvalue weighted by Crippen LogP contribution is -2.24. The average Bonchev–Trinajstić information content (AvgIpc) is 2.54. The van der Waals surface area contributed by atoms with E-state index in [0.717, 1.165) is 25.7 Å². The van der Waals surface area contributed by atoms with Gasteiger partial charge in [-0.25, -0.2) is 9.18 Å². The highest BCUT2D eigenvalue weighted by atomic mass is 19.1. The number of nitrogens with zero attached hydrogens (tertiary/aromatic N) is 1. The highest BCUT2D eigenvalue weighted by molar-refractivity contribution is 5.89. The smallest absolute Gasteiger partial charge is 0.338 e. The zero-order valence-electron chi connectivity index (χ0n) is 12.2. The zero-order valence-corrected chi connectivity index (χ0v) is 12.2. The van der Waals surface area contributed by atoms with E-state index in [0.29, 0.717) is 11.5 Å². The van der Waals surface area contributed by atoms with Crippen LogP contribution in [0.1, 0.15) is 36.0 Å². The van der Waals surface area contributed by atoms with Gasteiger partial charge in [0.05, 0.1) is 11.6 Å². The second kappa shape index (κ2) is 8.14. The van der Waals surface area contributed by atoms with Crippen molar-refractivity contribution < 1.29 is 13.9 Å². The van der Waals surface area contributed by atoms with Gasteiger partial charge in [-0.05, 0) is 55.9 Å². The molecule has 0 bridgehead atoms. The van der Waals surface area contributed by atoms with Gasteiger partial charge >= 0.3 is 5.97 Å². The van der Waals surface area contributed by atoms with E-state index in [1.165, 1.54) is 30.3 Å². The molecule has 0 aliphatic heterocycles. The quantitative estimate of drug-likeness (QED) is 0.476. The van der Waals surface area contributed by atoms with Crippen LogP contribution in [0, 0.1) is 23.1 Å². The van der Waals surface area contributed by atoms with Gasteiger partial charge in [-0.3, -0.25) is 0 Å². The van der Waals surface area contributed by atoms with Crippen molar-refractivity contribution in [1.29, 1.82) is 5.26 Å². The lowest BCUT2D eigenvalue weighted by Gasteiger charge is -2.26. The summed E-state index contributed by atoms with van der Waals surface area (Å²) in [4.78, 5) is 12.0. The summed E-state index contributed by atoms with van der Waals surface area (Å²) in [5.74, 6) is -0.297. The first kappa shape index (κ1) is 16.0. The van der Waals surface area contributed by atoms with Gasteiger partial charge in [0.15, 0.2) is 0 Å². The Labute approximate surface area is 129 Å². The number of hydrogen-bond donors (Lipinski definition) is 0. The molecule has 0 atom stereocenters. The van der Waals surface area contributed by atoms with Crippen LogP contribution in [0.25, 0.3) is 0 Å². The zero-order chi connectivity index (χ0) is 15.8. The minimum Gasteiger partial charge on any atom is -0.459 e. The molecule has 0 amide bonds. The summed E-state index contributed by atoms with van der Waals surface area (Å²) in [6.45, 7) is 0. The number of halogens is 1. The standard InChI is InChI=1S/C18H18FNO2/c19-16-9-7-15(8-10-16)18(21)22-17-11-5-14(6-12-17)4-2-1-3-13-20/h1-4,7-10,14,17H,5-6,11-12H2/t14-,17-. The Morgan fingerprint density at radius 3 is 2.50 bits per heavy atom. The van der Waals surface area contributed by atoms with Crippen LogP contribution >= 0.6 is 0 Å². The predicted octanol–water partition coefficient (Wildman–Crippen LogP) is 4.18. The fourth-order valence-electron chi connectivity index (χ4n) is 2.52. The maximum Gasteiger partial charge on any atom is 0.338 e. The van der Waals surface area contributed by atoms with E-state index in [1.807, 2.05) is 12.1 Å². The Hall–Kier alpha value is -2.41. The van der Waals surface area contributed by atoms with Crippen molar-refractivity contribution in [3.05, 3.63) is 60.0 Å². The van der Waals surface area contributed by atoms with Crippen LogP contribution in [0.15, 0.2) is 48.6 Å². The molecule has 3 nitrogen and oxygen atoms in total. The third kappa shape index (κ3) is 4.85. The van der Waals surface area contributed by atoms with Crippen LogP contribution in [0.5, 0.6) is 0 Å². The molecule has 22 heavy (non-hydrogen) atoms. The van der Waals surface area contributed by atoms with Crippen molar-refractivity contribution in [2.75, 3.05) is 0 Å². The number of carbonyl (C=O) groups excluding carboxylic acids is 1. The number of carbonyl (C=O) groups is 1. The molecule has 1 saturated carbocycles. The van der Waals surface area contributed by atoms with Gasteiger partial charge in [-0.1, -0.05) is 18.2 Å². The molecular weight excluding hydrogens is 281 g/mol. The molecule has 1 fully saturated rings. The Bertz CT molecular complexity index is 591. The molecule has 0 heterocycles. The highest BCUT2D eigenvalue weighted by Crippen LogP contribution is 2.27. The van der Waals surface area contributed by atoms with Gasteiger partial charge in [-0.15, -0.1) is 0 Å². The number of hydrogen-bond acceptors (Lipinski definition) is 3. The van der Waals surface area contributed by atoms with E-state index in [2.05, 4.69) is 6.08 Å². The van der Waals surface area contributed by atoms with E-state index >= 15 is 0 Å². The van der Waals surface area contributed by atoms with Crippen molar-refractivity contribution in [2.45, 2.75) is 31.8 Å². The molecule has 0 saturated heterocycles. The number of benzene rings is 1. The van der Waals surface area contributed by atoms with E-state index < -0.39 is 5.97 Å². The summed E-state index contributed by atoms with van der Waals surface area (Å²) in [6, 6.07) is 7.33. The second-order valence-corrected chi connectivity index (χ2v) is 5.32. The molecule has 0 aromatic heterocycles. The van der Waals surface area contributed by atoms with Crippen LogP contribution in [0.4, 0.5) is 4.39 Å². The van der Waals surface area contributed by atoms with Crippen LogP contribution in [0.3, 0.4) is 0 Å². The molecule has 0 N–H and O–H groups in total. The van der Waals surface area contributed by atoms with E-state index in [4.69, 9.17) is 10.00 Å². The number of rotatable bonds is 4. The Balaban J connectivity index is 1.79. The molecule has 2 rings (SSSR count). The van der Waals surface area contributed by atoms with E-state index in [-0.39, 0.29) is 11.9 Å². The summed E-state index contributed by atoms with van der Waals surface area (Å²) in [5, 5.41) is 8.39. The van der Waals surface area contributed by atoms with Crippen molar-refractivity contribution in [3.63, 3.8) is 0 Å². The maximum absolute atomic E-state index is 12.8. The first-order valence-electron chi connectivity index (χ1n) is 7.38. The first-order chi connectivity index (χ1) is 10.7. The van der Waals surface area contributed by atoms with E-state index in [9.17, 15) is 9.18 Å². The maximum atomic E-state index is 12.8. The minimum atomic E-state index is -0.393. The van der Waals surface area contributed by atoms with Crippen LogP contribution in [-0.2, 0) is 4.74 Å². The summed E-state index contributed by atoms with van der Waals surface area (Å²) < 4.78 is 18.3. The molecule has 4 heteroatoms. The Morgan fingerprint density at radius 1 is 1.18 bits per heavy atom. The van der Waals surface area contributed by atoms with E-state index in [1.54, 1.807) is 6.08 Å². The third-order valence-electron chi connectivity index (χ3n) is 3.74. The summed E-state index contributed by atoms with van der Waals surface area (Å²) >= 11 is 0. The number of nitriles is 1. The van der Waals surface area contributed by atoms with Crippen molar-refractivity contribution in [2.24, 2.45) is 5.92 Å². The summed E-state index contributed by atoms with van der Waals surface area (Å²) in [5.41, 5.74) is 0.380. The molecule has 1 aromatic carbocycles. The summed E-state index contributed by atoms with van der Waals surface area (Å²) in [7, 11) is 0. The monoisotopic (exact) mass is 299 g/mol. The molecule has 0 spiro atoms. The largest absolute Gasteiger partial charge is 0.459 e. The van der Waals surface area contributed by atoms with Crippen molar-refractivity contribution in [1.82, 2.24) is 0 Å². The lowest BCUT2D eigenvalue weighted by atomic mass is 9.87. The van der Waals surface area contributed by atoms with Gasteiger partial charge in [0.1, 0.15) is 11.9 Å². The fourth-order valence-corrected chi connectivity index (χ4v) is 2.52. The third-order valence-corrected chi connectivity index (χ3v) is 3.74. The average molecular weight is 299 g/mol. The van der Waals surface area contributed by atoms with Crippen molar-refractivity contribution in [3.8, 4) is 6.07 Å². The lowest BCUT2D eigenvalue weighted by molar-refractivity contribution is 0.0185. The normalized spacial score (nSPS) is 21.8. The van der Waals surface area contributed by atoms with Crippen LogP contribution in [-0.4, -0.2) is 12.1 Å². The van der Waals surface area contributed by atoms with Gasteiger partial charge in [0.2, 0.25) is 0 Å². The Morgan fingerprint density at radius 2 is 1.86 bits per heavy atom. The second-order valence-electron chi connectivity index (χ2n) is 5.32. The van der Waals surface area contributed by atoms with Gasteiger partial charge < -0.3 is 4.74 Å². The minimum absolute atomic E-state index is 0.0724. The number of esters is 1. The van der Waals surface area contributed by atoms with Crippen LogP contribution in [0.2, 0.25) is 0 Å². The predicted molar refractivity (Wildman–Crippen MR) is 81.5 cm³/mol. The summed E-state index contributed by atoms with van der Waals surface area (Å²) in [6.07, 6.45) is 10.6. The molecular formula is C18H18FNO2. The highest BCUT2D eigenvalue weighted by Gasteiger charge is 2.23. The molecule has 1 aliphatic carbocycles. The van der Waals surface area contributed by atoms with Gasteiger partial charge in [0, 0.05) is 6.08 Å². The SMILES string of the molecule is N#CC=CC=C[C@H]1CC[C@H](OC(=O)c2ccc(F)cc2)CC1. The molecule has 0 unspecified atom stereocenters. The molecule has 0 radical (unpaired) electrons. The van der Waals surface area contributed by atoms with Crippen molar-refractivity contribution >= 4 is 5.97 Å². The molecule has 1 aliphatic rings. The molecule has 1 aromatic rings. The fraction of sp³-hybridized carbons (Fsp3) is 0.333. The number of ether oxygens (including phenoxy) is 1. The Kier molecular flexibility index (Phi) is 5.91. The van der Waals surface area contributed by atoms with Crippen LogP contribution < -0.4 is 0 Å². The molecule has 114 valence electrons.